The lowest BCUT2D eigenvalue weighted by atomic mass is 10.2. The van der Waals surface area contributed by atoms with Crippen LogP contribution in [-0.4, -0.2) is 17.0 Å². The third-order valence-corrected chi connectivity index (χ3v) is 2.84. The van der Waals surface area contributed by atoms with E-state index in [2.05, 4.69) is 17.2 Å². The molecule has 6 heteroatoms. The van der Waals surface area contributed by atoms with Gasteiger partial charge >= 0.3 is 11.6 Å². The van der Waals surface area contributed by atoms with Crippen molar-refractivity contribution in [2.45, 2.75) is 13.3 Å². The van der Waals surface area contributed by atoms with E-state index in [1.54, 1.807) is 19.2 Å². The highest BCUT2D eigenvalue weighted by atomic mass is 16.6. The van der Waals surface area contributed by atoms with Crippen LogP contribution >= 0.6 is 0 Å². The zero-order chi connectivity index (χ0) is 14.5. The predicted octanol–water partition coefficient (Wildman–Crippen LogP) is 3.39. The second kappa shape index (κ2) is 6.01. The maximum atomic E-state index is 11.0. The van der Waals surface area contributed by atoms with Crippen LogP contribution in [0.4, 0.5) is 11.5 Å². The second-order valence-electron chi connectivity index (χ2n) is 4.13. The van der Waals surface area contributed by atoms with E-state index in [-0.39, 0.29) is 11.6 Å². The van der Waals surface area contributed by atoms with Crippen LogP contribution in [0.5, 0.6) is 11.6 Å². The van der Waals surface area contributed by atoms with Crippen molar-refractivity contribution in [1.29, 1.82) is 0 Å². The fraction of sp³-hybridized carbons (Fsp3) is 0.214. The van der Waals surface area contributed by atoms with Crippen molar-refractivity contribution < 1.29 is 9.66 Å². The third-order valence-electron chi connectivity index (χ3n) is 2.84. The van der Waals surface area contributed by atoms with Gasteiger partial charge in [0.25, 0.3) is 0 Å². The van der Waals surface area contributed by atoms with Crippen LogP contribution in [0.3, 0.4) is 0 Å². The molecule has 0 aliphatic carbocycles. The van der Waals surface area contributed by atoms with Gasteiger partial charge in [0.1, 0.15) is 11.6 Å². The molecule has 0 aliphatic heterocycles. The zero-order valence-corrected chi connectivity index (χ0v) is 11.3. The fourth-order valence-electron chi connectivity index (χ4n) is 1.69. The number of hydrogen-bond acceptors (Lipinski definition) is 5. The Kier molecular flexibility index (Phi) is 4.14. The average Bonchev–Trinajstić information content (AvgIpc) is 2.47. The van der Waals surface area contributed by atoms with Crippen LogP contribution in [0.2, 0.25) is 0 Å². The van der Waals surface area contributed by atoms with Crippen molar-refractivity contribution >= 4 is 11.5 Å². The van der Waals surface area contributed by atoms with Gasteiger partial charge < -0.3 is 10.1 Å². The van der Waals surface area contributed by atoms with Gasteiger partial charge in [-0.2, -0.15) is 4.98 Å². The summed E-state index contributed by atoms with van der Waals surface area (Å²) in [6, 6.07) is 10.3. The molecule has 1 N–H and O–H groups in total. The molecule has 1 heterocycles. The van der Waals surface area contributed by atoms with E-state index in [4.69, 9.17) is 4.74 Å². The highest BCUT2D eigenvalue weighted by Crippen LogP contribution is 2.30. The number of nitrogens with one attached hydrogen (secondary N) is 1. The van der Waals surface area contributed by atoms with Crippen LogP contribution in [0.1, 0.15) is 12.5 Å². The molecule has 0 saturated carbocycles. The quantitative estimate of drug-likeness (QED) is 0.667. The molecule has 1 aromatic carbocycles. The number of rotatable bonds is 5. The van der Waals surface area contributed by atoms with Crippen molar-refractivity contribution in [3.63, 3.8) is 0 Å². The summed E-state index contributed by atoms with van der Waals surface area (Å²) >= 11 is 0. The van der Waals surface area contributed by atoms with Gasteiger partial charge in [-0.05, 0) is 30.2 Å². The van der Waals surface area contributed by atoms with Crippen LogP contribution in [0.25, 0.3) is 0 Å². The van der Waals surface area contributed by atoms with Gasteiger partial charge in [0.05, 0.1) is 4.92 Å². The van der Waals surface area contributed by atoms with Crippen molar-refractivity contribution in [2.24, 2.45) is 0 Å². The van der Waals surface area contributed by atoms with E-state index in [1.807, 2.05) is 12.1 Å². The highest BCUT2D eigenvalue weighted by molar-refractivity contribution is 5.50. The van der Waals surface area contributed by atoms with Gasteiger partial charge in [0.2, 0.25) is 0 Å². The smallest absolute Gasteiger partial charge is 0.331 e. The van der Waals surface area contributed by atoms with Crippen molar-refractivity contribution in [3.8, 4) is 11.6 Å². The molecule has 6 nitrogen and oxygen atoms in total. The first kappa shape index (κ1) is 13.8. The van der Waals surface area contributed by atoms with E-state index < -0.39 is 4.92 Å². The van der Waals surface area contributed by atoms with E-state index in [1.165, 1.54) is 17.7 Å². The van der Waals surface area contributed by atoms with Crippen LogP contribution in [0.15, 0.2) is 36.4 Å². The summed E-state index contributed by atoms with van der Waals surface area (Å²) in [5.41, 5.74) is 1.01. The number of nitrogens with zero attached hydrogens (tertiary/aromatic N) is 2. The lowest BCUT2D eigenvalue weighted by Gasteiger charge is -2.07. The topological polar surface area (TPSA) is 77.3 Å². The molecule has 0 unspecified atom stereocenters. The Bertz CT molecular complexity index is 612. The van der Waals surface area contributed by atoms with Crippen LogP contribution in [-0.2, 0) is 6.42 Å². The predicted molar refractivity (Wildman–Crippen MR) is 76.3 cm³/mol. The molecule has 0 saturated heterocycles. The Balaban J connectivity index is 2.32. The van der Waals surface area contributed by atoms with Crippen molar-refractivity contribution in [1.82, 2.24) is 4.98 Å². The summed E-state index contributed by atoms with van der Waals surface area (Å²) < 4.78 is 5.52. The first-order valence-corrected chi connectivity index (χ1v) is 6.24. The first-order valence-electron chi connectivity index (χ1n) is 6.24. The largest absolute Gasteiger partial charge is 0.434 e. The highest BCUT2D eigenvalue weighted by Gasteiger charge is 2.18. The molecule has 1 aromatic heterocycles. The molecule has 0 spiro atoms. The number of nitro groups is 1. The number of benzene rings is 1. The van der Waals surface area contributed by atoms with E-state index in [9.17, 15) is 10.1 Å². The van der Waals surface area contributed by atoms with Crippen LogP contribution < -0.4 is 10.1 Å². The second-order valence-corrected chi connectivity index (χ2v) is 4.13. The summed E-state index contributed by atoms with van der Waals surface area (Å²) in [4.78, 5) is 14.5. The van der Waals surface area contributed by atoms with Crippen molar-refractivity contribution in [2.75, 3.05) is 12.4 Å². The van der Waals surface area contributed by atoms with Crippen molar-refractivity contribution in [3.05, 3.63) is 52.1 Å². The molecule has 20 heavy (non-hydrogen) atoms. The Labute approximate surface area is 116 Å². The first-order chi connectivity index (χ1) is 9.63. The Morgan fingerprint density at radius 3 is 2.50 bits per heavy atom. The van der Waals surface area contributed by atoms with E-state index in [0.29, 0.717) is 11.6 Å². The molecule has 2 aromatic rings. The minimum Gasteiger partial charge on any atom is -0.434 e. The molecular formula is C14H15N3O3. The van der Waals surface area contributed by atoms with E-state index >= 15 is 0 Å². The Morgan fingerprint density at radius 1 is 1.25 bits per heavy atom. The Morgan fingerprint density at radius 2 is 1.95 bits per heavy atom. The minimum absolute atomic E-state index is 0.0221. The molecule has 104 valence electrons. The van der Waals surface area contributed by atoms with E-state index in [0.717, 1.165) is 6.42 Å². The lowest BCUT2D eigenvalue weighted by molar-refractivity contribution is -0.386. The standard InChI is InChI=1S/C14H15N3O3/c1-3-10-4-6-11(7-5-10)20-14-12(17(18)19)8-9-13(15-2)16-14/h4-9H,3H2,1-2H3,(H,15,16). The Hall–Kier alpha value is -2.63. The average molecular weight is 273 g/mol. The number of pyridine rings is 1. The number of ether oxygens (including phenoxy) is 1. The molecular weight excluding hydrogens is 258 g/mol. The molecule has 0 bridgehead atoms. The number of anilines is 1. The molecule has 0 atom stereocenters. The molecule has 0 aliphatic rings. The van der Waals surface area contributed by atoms with Gasteiger partial charge in [-0.25, -0.2) is 0 Å². The summed E-state index contributed by atoms with van der Waals surface area (Å²) in [5, 5.41) is 13.8. The summed E-state index contributed by atoms with van der Waals surface area (Å²) in [5.74, 6) is 1.01. The lowest BCUT2D eigenvalue weighted by Crippen LogP contribution is -1.99. The molecule has 0 amide bonds. The van der Waals surface area contributed by atoms with Crippen LogP contribution in [0, 0.1) is 10.1 Å². The van der Waals surface area contributed by atoms with Gasteiger partial charge in [-0.15, -0.1) is 0 Å². The zero-order valence-electron chi connectivity index (χ0n) is 11.3. The fourth-order valence-corrected chi connectivity index (χ4v) is 1.69. The monoisotopic (exact) mass is 273 g/mol. The van der Waals surface area contributed by atoms with Gasteiger partial charge in [-0.3, -0.25) is 10.1 Å². The van der Waals surface area contributed by atoms with Gasteiger partial charge in [0, 0.05) is 13.1 Å². The minimum atomic E-state index is -0.512. The third kappa shape index (κ3) is 3.03. The SMILES string of the molecule is CCc1ccc(Oc2nc(NC)ccc2[N+](=O)[O-])cc1. The summed E-state index contributed by atoms with van der Waals surface area (Å²) in [7, 11) is 1.69. The van der Waals surface area contributed by atoms with Gasteiger partial charge in [0.15, 0.2) is 0 Å². The number of aromatic nitrogens is 1. The molecule has 0 radical (unpaired) electrons. The normalized spacial score (nSPS) is 10.1. The number of hydrogen-bond donors (Lipinski definition) is 1. The summed E-state index contributed by atoms with van der Waals surface area (Å²) in [6.07, 6.45) is 0.925. The summed E-state index contributed by atoms with van der Waals surface area (Å²) in [6.45, 7) is 2.05. The maximum absolute atomic E-state index is 11.0. The molecule has 2 rings (SSSR count). The van der Waals surface area contributed by atoms with Gasteiger partial charge in [-0.1, -0.05) is 19.1 Å². The number of aryl methyl sites for hydroxylation is 1. The maximum Gasteiger partial charge on any atom is 0.331 e. The molecule has 0 fully saturated rings.